The van der Waals surface area contributed by atoms with Gasteiger partial charge in [-0.05, 0) is 59.7 Å². The third-order valence-corrected chi connectivity index (χ3v) is 6.44. The Bertz CT molecular complexity index is 868. The lowest BCUT2D eigenvalue weighted by atomic mass is 9.97. The van der Waals surface area contributed by atoms with E-state index in [1.807, 2.05) is 4.68 Å². The van der Waals surface area contributed by atoms with Gasteiger partial charge in [0.2, 0.25) is 0 Å². The molecule has 0 spiro atoms. The highest BCUT2D eigenvalue weighted by Gasteiger charge is 2.34. The van der Waals surface area contributed by atoms with Crippen LogP contribution in [0.15, 0.2) is 41.8 Å². The molecule has 0 saturated heterocycles. The van der Waals surface area contributed by atoms with Gasteiger partial charge in [-0.3, -0.25) is 4.90 Å². The Morgan fingerprint density at radius 2 is 1.96 bits per heavy atom. The van der Waals surface area contributed by atoms with E-state index < -0.39 is 0 Å². The van der Waals surface area contributed by atoms with Crippen LogP contribution in [0.3, 0.4) is 0 Å². The molecule has 1 aromatic carbocycles. The zero-order valence-electron chi connectivity index (χ0n) is 15.6. The summed E-state index contributed by atoms with van der Waals surface area (Å²) < 4.78 is 2.03. The fourth-order valence-corrected chi connectivity index (χ4v) is 4.46. The van der Waals surface area contributed by atoms with Gasteiger partial charge in [-0.15, -0.1) is 16.4 Å². The van der Waals surface area contributed by atoms with Crippen molar-refractivity contribution in [1.82, 2.24) is 25.1 Å². The molecule has 0 aliphatic carbocycles. The van der Waals surface area contributed by atoms with Crippen molar-refractivity contribution in [2.75, 3.05) is 6.54 Å². The molecule has 0 amide bonds. The van der Waals surface area contributed by atoms with Gasteiger partial charge in [0.1, 0.15) is 6.04 Å². The maximum atomic E-state index is 4.48. The van der Waals surface area contributed by atoms with Gasteiger partial charge < -0.3 is 0 Å². The second-order valence-corrected chi connectivity index (χ2v) is 8.50. The number of fused-ring (bicyclic) bond motifs is 1. The van der Waals surface area contributed by atoms with E-state index in [1.54, 1.807) is 11.3 Å². The third kappa shape index (κ3) is 3.08. The van der Waals surface area contributed by atoms with Crippen molar-refractivity contribution >= 4 is 11.3 Å². The lowest BCUT2D eigenvalue weighted by molar-refractivity contribution is 0.184. The molecular weight excluding hydrogens is 342 g/mol. The molecule has 2 aromatic heterocycles. The molecule has 0 radical (unpaired) electrons. The second kappa shape index (κ2) is 6.93. The number of nitrogens with zero attached hydrogens (tertiary/aromatic N) is 5. The Morgan fingerprint density at radius 3 is 2.69 bits per heavy atom. The molecule has 0 N–H and O–H groups in total. The third-order valence-electron chi connectivity index (χ3n) is 5.51. The summed E-state index contributed by atoms with van der Waals surface area (Å²) in [4.78, 5) is 3.81. The number of hydrogen-bond acceptors (Lipinski definition) is 5. The van der Waals surface area contributed by atoms with Crippen molar-refractivity contribution in [3.05, 3.63) is 63.6 Å². The van der Waals surface area contributed by atoms with Crippen LogP contribution in [0.4, 0.5) is 0 Å². The van der Waals surface area contributed by atoms with Gasteiger partial charge >= 0.3 is 0 Å². The summed E-state index contributed by atoms with van der Waals surface area (Å²) in [6.45, 7) is 8.52. The smallest absolute Gasteiger partial charge is 0.174 e. The van der Waals surface area contributed by atoms with Gasteiger partial charge in [0.15, 0.2) is 5.82 Å². The number of rotatable bonds is 5. The van der Waals surface area contributed by atoms with Crippen molar-refractivity contribution in [3.8, 4) is 0 Å². The van der Waals surface area contributed by atoms with E-state index >= 15 is 0 Å². The molecule has 5 nitrogen and oxygen atoms in total. The Hall–Kier alpha value is -2.05. The summed E-state index contributed by atoms with van der Waals surface area (Å²) >= 11 is 1.78. The Balaban J connectivity index is 1.76. The fourth-order valence-electron chi connectivity index (χ4n) is 3.60. The molecule has 26 heavy (non-hydrogen) atoms. The molecule has 0 saturated carbocycles. The average molecular weight is 368 g/mol. The zero-order valence-corrected chi connectivity index (χ0v) is 16.4. The van der Waals surface area contributed by atoms with Crippen LogP contribution in [0.25, 0.3) is 0 Å². The van der Waals surface area contributed by atoms with E-state index in [0.29, 0.717) is 0 Å². The summed E-state index contributed by atoms with van der Waals surface area (Å²) in [5.74, 6) is 0.943. The maximum absolute atomic E-state index is 4.48. The van der Waals surface area contributed by atoms with Crippen LogP contribution in [0.5, 0.6) is 0 Å². The number of tetrazole rings is 1. The van der Waals surface area contributed by atoms with E-state index in [9.17, 15) is 0 Å². The van der Waals surface area contributed by atoms with Gasteiger partial charge in [0.05, 0.1) is 5.54 Å². The number of thiophene rings is 1. The lowest BCUT2D eigenvalue weighted by Crippen LogP contribution is -2.38. The van der Waals surface area contributed by atoms with Crippen molar-refractivity contribution in [2.45, 2.75) is 51.7 Å². The summed E-state index contributed by atoms with van der Waals surface area (Å²) in [5.41, 5.74) is 2.76. The normalized spacial score (nSPS) is 16.4. The molecule has 4 rings (SSSR count). The number of aromatic nitrogens is 4. The first kappa shape index (κ1) is 17.4. The van der Waals surface area contributed by atoms with E-state index in [0.717, 1.165) is 31.8 Å². The Labute approximate surface area is 158 Å². The molecule has 136 valence electrons. The predicted molar refractivity (Wildman–Crippen MR) is 104 cm³/mol. The summed E-state index contributed by atoms with van der Waals surface area (Å²) in [6, 6.07) is 13.2. The van der Waals surface area contributed by atoms with Crippen LogP contribution in [0.2, 0.25) is 0 Å². The standard InChI is InChI=1S/C20H25N5S/c1-4-20(2,3)25-19(21-22-23-25)18(17-10-7-13-26-17)24-12-11-15-8-5-6-9-16(15)14-24/h5-10,13,18H,4,11-12,14H2,1-3H3. The highest BCUT2D eigenvalue weighted by atomic mass is 32.1. The molecule has 1 aliphatic heterocycles. The first-order valence-corrected chi connectivity index (χ1v) is 10.1. The fraction of sp³-hybridized carbons (Fsp3) is 0.450. The minimum atomic E-state index is -0.109. The maximum Gasteiger partial charge on any atom is 0.174 e. The van der Waals surface area contributed by atoms with E-state index in [4.69, 9.17) is 0 Å². The van der Waals surface area contributed by atoms with Gasteiger partial charge in [0.25, 0.3) is 0 Å². The van der Waals surface area contributed by atoms with E-state index in [1.165, 1.54) is 16.0 Å². The lowest BCUT2D eigenvalue weighted by Gasteiger charge is -2.36. The quantitative estimate of drug-likeness (QED) is 0.683. The summed E-state index contributed by atoms with van der Waals surface area (Å²) in [7, 11) is 0. The minimum absolute atomic E-state index is 0.0872. The highest BCUT2D eigenvalue weighted by molar-refractivity contribution is 7.10. The SMILES string of the molecule is CCC(C)(C)n1nnnc1C(c1cccs1)N1CCc2ccccc2C1. The van der Waals surface area contributed by atoms with Crippen LogP contribution in [0, 0.1) is 0 Å². The first-order valence-electron chi connectivity index (χ1n) is 9.23. The Kier molecular flexibility index (Phi) is 4.63. The van der Waals surface area contributed by atoms with Gasteiger partial charge in [0, 0.05) is 18.0 Å². The van der Waals surface area contributed by atoms with Crippen molar-refractivity contribution < 1.29 is 0 Å². The van der Waals surface area contributed by atoms with Gasteiger partial charge in [-0.25, -0.2) is 4.68 Å². The average Bonchev–Trinajstić information content (AvgIpc) is 3.35. The molecule has 3 aromatic rings. The molecule has 6 heteroatoms. The first-order chi connectivity index (χ1) is 12.6. The van der Waals surface area contributed by atoms with Crippen LogP contribution in [0.1, 0.15) is 55.1 Å². The van der Waals surface area contributed by atoms with Gasteiger partial charge in [-0.1, -0.05) is 37.3 Å². The van der Waals surface area contributed by atoms with Crippen LogP contribution in [-0.4, -0.2) is 31.7 Å². The molecule has 0 bridgehead atoms. The molecule has 0 fully saturated rings. The summed E-state index contributed by atoms with van der Waals surface area (Å²) in [6.07, 6.45) is 2.04. The Morgan fingerprint density at radius 1 is 1.15 bits per heavy atom. The van der Waals surface area contributed by atoms with Crippen molar-refractivity contribution in [3.63, 3.8) is 0 Å². The molecular formula is C20H25N5S. The van der Waals surface area contributed by atoms with Gasteiger partial charge in [-0.2, -0.15) is 0 Å². The van der Waals surface area contributed by atoms with Crippen molar-refractivity contribution in [2.24, 2.45) is 0 Å². The molecule has 1 aliphatic rings. The predicted octanol–water partition coefficient (Wildman–Crippen LogP) is 4.03. The largest absolute Gasteiger partial charge is 0.284 e. The van der Waals surface area contributed by atoms with Crippen molar-refractivity contribution in [1.29, 1.82) is 0 Å². The number of hydrogen-bond donors (Lipinski definition) is 0. The molecule has 1 unspecified atom stereocenters. The van der Waals surface area contributed by atoms with E-state index in [-0.39, 0.29) is 11.6 Å². The minimum Gasteiger partial charge on any atom is -0.284 e. The van der Waals surface area contributed by atoms with Crippen LogP contribution in [-0.2, 0) is 18.5 Å². The molecule has 3 heterocycles. The van der Waals surface area contributed by atoms with Crippen LogP contribution < -0.4 is 0 Å². The topological polar surface area (TPSA) is 46.8 Å². The van der Waals surface area contributed by atoms with E-state index in [2.05, 4.69) is 83.0 Å². The summed E-state index contributed by atoms with van der Waals surface area (Å²) in [5, 5.41) is 15.0. The monoisotopic (exact) mass is 367 g/mol. The highest BCUT2D eigenvalue weighted by Crippen LogP contribution is 2.35. The number of benzene rings is 1. The molecule has 1 atom stereocenters. The second-order valence-electron chi connectivity index (χ2n) is 7.52. The zero-order chi connectivity index (χ0) is 18.1. The van der Waals surface area contributed by atoms with Crippen LogP contribution >= 0.6 is 11.3 Å².